The lowest BCUT2D eigenvalue weighted by Crippen LogP contribution is -2.51. The number of ether oxygens (including phenoxy) is 1. The van der Waals surface area contributed by atoms with Crippen molar-refractivity contribution < 1.29 is 23.9 Å². The summed E-state index contributed by atoms with van der Waals surface area (Å²) in [5.74, 6) is -2.49. The van der Waals surface area contributed by atoms with E-state index in [9.17, 15) is 19.2 Å². The molecule has 1 fully saturated rings. The van der Waals surface area contributed by atoms with Crippen molar-refractivity contribution in [2.24, 2.45) is 29.2 Å². The summed E-state index contributed by atoms with van der Waals surface area (Å²) in [5.41, 5.74) is 20.2. The van der Waals surface area contributed by atoms with Crippen LogP contribution >= 0.6 is 22.9 Å². The molecule has 0 spiro atoms. The van der Waals surface area contributed by atoms with Crippen LogP contribution in [0.5, 0.6) is 0 Å². The first-order valence-corrected chi connectivity index (χ1v) is 20.1. The second-order valence-electron chi connectivity index (χ2n) is 14.0. The molecule has 3 aromatic rings. The minimum absolute atomic E-state index is 0.0279. The van der Waals surface area contributed by atoms with E-state index in [1.54, 1.807) is 13.0 Å². The lowest BCUT2D eigenvalue weighted by atomic mass is 9.83. The van der Waals surface area contributed by atoms with E-state index in [1.807, 2.05) is 53.7 Å². The summed E-state index contributed by atoms with van der Waals surface area (Å²) in [4.78, 5) is 60.3. The van der Waals surface area contributed by atoms with Gasteiger partial charge in [0.2, 0.25) is 11.8 Å². The van der Waals surface area contributed by atoms with Crippen molar-refractivity contribution in [2.75, 3.05) is 32.8 Å². The number of hydrazine groups is 2. The van der Waals surface area contributed by atoms with Crippen molar-refractivity contribution in [3.8, 4) is 0 Å². The topological polar surface area (TPSA) is 194 Å². The molecule has 0 aliphatic carbocycles. The Morgan fingerprint density at radius 1 is 1.00 bits per heavy atom. The van der Waals surface area contributed by atoms with Gasteiger partial charge in [-0.05, 0) is 61.9 Å². The molecule has 1 saturated heterocycles. The summed E-state index contributed by atoms with van der Waals surface area (Å²) in [6.07, 6.45) is 5.35. The van der Waals surface area contributed by atoms with Crippen LogP contribution in [-0.2, 0) is 30.3 Å². The molecule has 54 heavy (non-hydrogen) atoms. The smallest absolute Gasteiger partial charge is 0.224 e. The number of carbonyl (C=O) groups excluding carboxylic acids is 4. The zero-order chi connectivity index (χ0) is 38.5. The molecule has 3 heterocycles. The van der Waals surface area contributed by atoms with Gasteiger partial charge in [0, 0.05) is 69.1 Å². The van der Waals surface area contributed by atoms with Gasteiger partial charge in [-0.15, -0.1) is 16.9 Å². The molecule has 0 radical (unpaired) electrons. The molecule has 8 N–H and O–H groups in total. The monoisotopic (exact) mass is 780 g/mol. The third kappa shape index (κ3) is 11.5. The van der Waals surface area contributed by atoms with E-state index in [4.69, 9.17) is 32.8 Å². The number of ketones is 2. The average molecular weight is 781 g/mol. The van der Waals surface area contributed by atoms with Crippen LogP contribution in [0.4, 0.5) is 0 Å². The van der Waals surface area contributed by atoms with Gasteiger partial charge in [0.05, 0.1) is 38.9 Å². The first kappa shape index (κ1) is 41.2. The fraction of sp³-hybridized carbons (Fsp3) is 0.513. The zero-order valence-electron chi connectivity index (χ0n) is 30.9. The first-order valence-electron chi connectivity index (χ1n) is 18.9. The minimum atomic E-state index is -0.849. The highest BCUT2D eigenvalue weighted by Crippen LogP contribution is 2.30. The summed E-state index contributed by atoms with van der Waals surface area (Å²) in [6.45, 7) is 4.16. The number of fused-ring (bicyclic) bond motifs is 1. The molecule has 5 rings (SSSR count). The Morgan fingerprint density at radius 3 is 2.48 bits per heavy atom. The number of aromatic nitrogens is 1. The van der Waals surface area contributed by atoms with Crippen LogP contribution in [0.25, 0.3) is 10.2 Å². The second-order valence-corrected chi connectivity index (χ2v) is 15.5. The third-order valence-corrected chi connectivity index (χ3v) is 11.3. The molecule has 15 heteroatoms. The number of carbonyl (C=O) groups is 4. The molecule has 1 aromatic heterocycles. The van der Waals surface area contributed by atoms with Gasteiger partial charge in [0.15, 0.2) is 5.78 Å². The quantitative estimate of drug-likeness (QED) is 0.0854. The Balaban J connectivity index is 1.37. The summed E-state index contributed by atoms with van der Waals surface area (Å²) in [5, 5.41) is 9.41. The molecular formula is C39H53ClN8O5S. The van der Waals surface area contributed by atoms with Crippen molar-refractivity contribution in [3.63, 3.8) is 0 Å². The largest absolute Gasteiger partial charge is 0.381 e. The van der Waals surface area contributed by atoms with E-state index >= 15 is 0 Å². The van der Waals surface area contributed by atoms with Gasteiger partial charge >= 0.3 is 0 Å². The maximum Gasteiger partial charge on any atom is 0.224 e. The number of amides is 2. The maximum absolute atomic E-state index is 14.5. The number of Topliss-reactive ketones (excluding diaryl/α,β-unsaturated/α-hetero) is 2. The average Bonchev–Trinajstić information content (AvgIpc) is 3.82. The molecule has 2 aliphatic rings. The Morgan fingerprint density at radius 2 is 1.76 bits per heavy atom. The molecule has 13 nitrogen and oxygen atoms in total. The van der Waals surface area contributed by atoms with Crippen LogP contribution in [0.15, 0.2) is 60.4 Å². The molecule has 2 amide bonds. The van der Waals surface area contributed by atoms with Crippen LogP contribution in [0.1, 0.15) is 74.9 Å². The van der Waals surface area contributed by atoms with E-state index < -0.39 is 23.9 Å². The summed E-state index contributed by atoms with van der Waals surface area (Å²) >= 11 is 7.64. The van der Waals surface area contributed by atoms with Crippen molar-refractivity contribution in [3.05, 3.63) is 76.0 Å². The predicted molar refractivity (Wildman–Crippen MR) is 211 cm³/mol. The van der Waals surface area contributed by atoms with Crippen molar-refractivity contribution >= 4 is 56.5 Å². The van der Waals surface area contributed by atoms with Gasteiger partial charge in [-0.1, -0.05) is 55.3 Å². The standard InChI is InChI=1S/C39H53ClN8O5S/c1-2-30(49)20-28(22-35-43-31-12-11-29(40)23-34(31)54-35)39(52)45-37(26-13-18-53-19-14-26)33(50)21-27(10-6-7-15-41)38(51)44-36(25-8-4-3-5-9-25)32-24-48(17-16-42)47-46-32/h3-5,8-9,11-12,23-24,26-28,36-37,46-47H,2,6-7,10,13-22,41-42H2,1H3,(H,44,51)(H,45,52)/t27-,28+,36+,37+/m1/s1. The highest BCUT2D eigenvalue weighted by molar-refractivity contribution is 7.18. The molecule has 2 aromatic carbocycles. The Bertz CT molecular complexity index is 1750. The molecule has 0 unspecified atom stereocenters. The number of unbranched alkanes of at least 4 members (excludes halogenated alkanes) is 1. The maximum atomic E-state index is 14.5. The van der Waals surface area contributed by atoms with Crippen molar-refractivity contribution in [2.45, 2.75) is 76.8 Å². The van der Waals surface area contributed by atoms with E-state index in [0.717, 1.165) is 21.5 Å². The van der Waals surface area contributed by atoms with Gasteiger partial charge in [-0.2, -0.15) is 0 Å². The van der Waals surface area contributed by atoms with Crippen LogP contribution in [0.3, 0.4) is 0 Å². The fourth-order valence-electron chi connectivity index (χ4n) is 6.95. The number of nitrogens with zero attached hydrogens (tertiary/aromatic N) is 2. The second kappa shape index (κ2) is 20.7. The number of benzene rings is 2. The molecule has 292 valence electrons. The third-order valence-electron chi connectivity index (χ3n) is 10.0. The van der Waals surface area contributed by atoms with Gasteiger partial charge in [0.25, 0.3) is 0 Å². The number of hydrogen-bond donors (Lipinski definition) is 6. The zero-order valence-corrected chi connectivity index (χ0v) is 32.4. The minimum Gasteiger partial charge on any atom is -0.381 e. The number of nitrogens with one attached hydrogen (secondary N) is 4. The van der Waals surface area contributed by atoms with Crippen molar-refractivity contribution in [1.82, 2.24) is 31.6 Å². The lowest BCUT2D eigenvalue weighted by molar-refractivity contribution is -0.135. The number of thiazole rings is 1. The molecule has 0 bridgehead atoms. The summed E-state index contributed by atoms with van der Waals surface area (Å²) in [6, 6.07) is 13.7. The van der Waals surface area contributed by atoms with Crippen LogP contribution in [-0.4, -0.2) is 72.3 Å². The molecule has 4 atom stereocenters. The number of halogens is 1. The van der Waals surface area contributed by atoms with E-state index in [2.05, 4.69) is 21.6 Å². The Hall–Kier alpha value is -3.92. The highest BCUT2D eigenvalue weighted by atomic mass is 35.5. The van der Waals surface area contributed by atoms with Crippen LogP contribution in [0.2, 0.25) is 5.02 Å². The first-order chi connectivity index (χ1) is 26.2. The predicted octanol–water partition coefficient (Wildman–Crippen LogP) is 4.08. The number of hydrogen-bond acceptors (Lipinski definition) is 12. The van der Waals surface area contributed by atoms with E-state index in [1.165, 1.54) is 11.3 Å². The van der Waals surface area contributed by atoms with Crippen LogP contribution in [0, 0.1) is 17.8 Å². The SMILES string of the molecule is CCC(=O)C[C@@H](Cc1nc2ccc(Cl)cc2s1)C(=O)N[C@H](C(=O)C[C@@H](CCCCN)C(=O)N[C@H](C1=CN(CCN)NN1)c1ccccc1)C1CCOCC1. The van der Waals surface area contributed by atoms with Gasteiger partial charge in [0.1, 0.15) is 5.78 Å². The van der Waals surface area contributed by atoms with E-state index in [-0.39, 0.29) is 48.6 Å². The molecule has 2 aliphatic heterocycles. The molecular weight excluding hydrogens is 728 g/mol. The lowest BCUT2D eigenvalue weighted by Gasteiger charge is -2.32. The summed E-state index contributed by atoms with van der Waals surface area (Å²) in [7, 11) is 0. The normalized spacial score (nSPS) is 17.0. The highest BCUT2D eigenvalue weighted by Gasteiger charge is 2.36. The fourth-order valence-corrected chi connectivity index (χ4v) is 8.28. The molecule has 0 saturated carbocycles. The Kier molecular flexibility index (Phi) is 15.8. The number of rotatable bonds is 21. The Labute approximate surface area is 325 Å². The number of nitrogens with two attached hydrogens (primary N) is 2. The van der Waals surface area contributed by atoms with Gasteiger partial charge in [-0.3, -0.25) is 24.2 Å². The summed E-state index contributed by atoms with van der Waals surface area (Å²) < 4.78 is 6.51. The van der Waals surface area contributed by atoms with Crippen molar-refractivity contribution in [1.29, 1.82) is 0 Å². The van der Waals surface area contributed by atoms with Gasteiger partial charge in [-0.25, -0.2) is 4.98 Å². The van der Waals surface area contributed by atoms with E-state index in [0.29, 0.717) is 81.4 Å². The van der Waals surface area contributed by atoms with Gasteiger partial charge < -0.3 is 32.3 Å². The van der Waals surface area contributed by atoms with Crippen LogP contribution < -0.4 is 33.1 Å².